The third-order valence-electron chi connectivity index (χ3n) is 4.14. The molecule has 0 aliphatic rings. The Morgan fingerprint density at radius 1 is 1.28 bits per heavy atom. The minimum Gasteiger partial charge on any atom is -0.455 e. The van der Waals surface area contributed by atoms with E-state index >= 15 is 0 Å². The van der Waals surface area contributed by atoms with E-state index < -0.39 is 16.0 Å². The Bertz CT molecular complexity index is 1090. The van der Waals surface area contributed by atoms with Crippen molar-refractivity contribution >= 4 is 38.9 Å². The van der Waals surface area contributed by atoms with Crippen molar-refractivity contribution in [1.29, 1.82) is 0 Å². The highest BCUT2D eigenvalue weighted by molar-refractivity contribution is 7.89. The minimum absolute atomic E-state index is 0.0148. The van der Waals surface area contributed by atoms with Crippen molar-refractivity contribution < 1.29 is 22.4 Å². The number of carbonyl (C=O) groups is 1. The monoisotopic (exact) mass is 454 g/mol. The molecule has 3 aromatic rings. The summed E-state index contributed by atoms with van der Waals surface area (Å²) in [6.07, 6.45) is 1.41. The highest BCUT2D eigenvalue weighted by Crippen LogP contribution is 2.25. The van der Waals surface area contributed by atoms with Crippen LogP contribution in [0.2, 0.25) is 5.02 Å². The number of hydrogen-bond donors (Lipinski definition) is 0. The van der Waals surface area contributed by atoms with Gasteiger partial charge < -0.3 is 9.15 Å². The van der Waals surface area contributed by atoms with Crippen LogP contribution in [0.3, 0.4) is 0 Å². The summed E-state index contributed by atoms with van der Waals surface area (Å²) in [6, 6.07) is 7.73. The second-order valence-corrected chi connectivity index (χ2v) is 9.22. The second kappa shape index (κ2) is 9.08. The zero-order valence-electron chi connectivity index (χ0n) is 15.8. The lowest BCUT2D eigenvalue weighted by Gasteiger charge is -2.19. The van der Waals surface area contributed by atoms with Crippen LogP contribution in [0, 0.1) is 0 Å². The lowest BCUT2D eigenvalue weighted by atomic mass is 10.2. The van der Waals surface area contributed by atoms with E-state index in [9.17, 15) is 13.2 Å². The quantitative estimate of drug-likeness (QED) is 0.467. The molecule has 0 radical (unpaired) electrons. The van der Waals surface area contributed by atoms with Crippen molar-refractivity contribution in [2.75, 3.05) is 13.1 Å². The van der Waals surface area contributed by atoms with Gasteiger partial charge in [-0.1, -0.05) is 31.5 Å². The fourth-order valence-corrected chi connectivity index (χ4v) is 4.97. The molecule has 0 bridgehead atoms. The smallest absolute Gasteiger partial charge is 0.340 e. The molecule has 2 heterocycles. The molecular formula is C19H19ClN2O5S2. The van der Waals surface area contributed by atoms with Gasteiger partial charge in [0, 0.05) is 13.1 Å². The molecule has 0 amide bonds. The number of thiophene rings is 1. The largest absolute Gasteiger partial charge is 0.455 e. The van der Waals surface area contributed by atoms with Gasteiger partial charge in [-0.25, -0.2) is 18.2 Å². The average Bonchev–Trinajstić information content (AvgIpc) is 3.38. The Morgan fingerprint density at radius 3 is 2.69 bits per heavy atom. The number of hydrogen-bond acceptors (Lipinski definition) is 7. The predicted molar refractivity (Wildman–Crippen MR) is 110 cm³/mol. The number of halogens is 1. The van der Waals surface area contributed by atoms with E-state index in [1.165, 1.54) is 40.1 Å². The summed E-state index contributed by atoms with van der Waals surface area (Å²) < 4.78 is 37.3. The van der Waals surface area contributed by atoms with Gasteiger partial charge in [-0.15, -0.1) is 11.3 Å². The maximum absolute atomic E-state index is 12.7. The van der Waals surface area contributed by atoms with Gasteiger partial charge in [-0.2, -0.15) is 4.31 Å². The van der Waals surface area contributed by atoms with Crippen molar-refractivity contribution in [1.82, 2.24) is 9.29 Å². The molecule has 0 fully saturated rings. The lowest BCUT2D eigenvalue weighted by molar-refractivity contribution is 0.0467. The molecule has 154 valence electrons. The van der Waals surface area contributed by atoms with Gasteiger partial charge in [0.1, 0.15) is 18.6 Å². The van der Waals surface area contributed by atoms with Crippen LogP contribution in [0.1, 0.15) is 29.9 Å². The molecule has 0 aliphatic carbocycles. The summed E-state index contributed by atoms with van der Waals surface area (Å²) in [5, 5.41) is 2.01. The zero-order valence-corrected chi connectivity index (χ0v) is 18.2. The summed E-state index contributed by atoms with van der Waals surface area (Å²) >= 11 is 7.58. The third-order valence-corrected chi connectivity index (χ3v) is 7.37. The number of nitrogens with zero attached hydrogens (tertiary/aromatic N) is 2. The van der Waals surface area contributed by atoms with E-state index in [0.29, 0.717) is 24.7 Å². The summed E-state index contributed by atoms with van der Waals surface area (Å²) in [4.78, 5) is 17.6. The van der Waals surface area contributed by atoms with Crippen molar-refractivity contribution in [3.63, 3.8) is 0 Å². The number of rotatable bonds is 8. The summed E-state index contributed by atoms with van der Waals surface area (Å²) in [6.45, 7) is 4.00. The Morgan fingerprint density at radius 2 is 2.03 bits per heavy atom. The first-order chi connectivity index (χ1) is 13.9. The molecule has 0 unspecified atom stereocenters. The second-order valence-electron chi connectivity index (χ2n) is 5.93. The highest BCUT2D eigenvalue weighted by Gasteiger charge is 2.24. The number of benzene rings is 1. The van der Waals surface area contributed by atoms with Gasteiger partial charge in [0.15, 0.2) is 0 Å². The molecule has 0 atom stereocenters. The highest BCUT2D eigenvalue weighted by atomic mass is 35.5. The van der Waals surface area contributed by atoms with Gasteiger partial charge in [0.25, 0.3) is 0 Å². The van der Waals surface area contributed by atoms with Gasteiger partial charge in [0.2, 0.25) is 15.9 Å². The molecule has 0 saturated carbocycles. The molecule has 0 spiro atoms. The fourth-order valence-electron chi connectivity index (χ4n) is 2.64. The van der Waals surface area contributed by atoms with E-state index in [-0.39, 0.29) is 22.1 Å². The SMILES string of the molecule is CCN(CC)S(=O)(=O)c1ccc(Cl)c(C(=O)OCc2coc(-c3cccs3)n2)c1. The first kappa shape index (κ1) is 21.5. The van der Waals surface area contributed by atoms with E-state index in [1.54, 1.807) is 13.8 Å². The van der Waals surface area contributed by atoms with Crippen molar-refractivity contribution in [2.24, 2.45) is 0 Å². The van der Waals surface area contributed by atoms with Gasteiger partial charge in [-0.05, 0) is 29.6 Å². The molecule has 0 aliphatic heterocycles. The number of ether oxygens (including phenoxy) is 1. The number of carbonyl (C=O) groups excluding carboxylic acids is 1. The Hall–Kier alpha value is -2.20. The predicted octanol–water partition coefficient (Wildman–Crippen LogP) is 4.44. The van der Waals surface area contributed by atoms with Crippen LogP contribution in [0.5, 0.6) is 0 Å². The average molecular weight is 455 g/mol. The van der Waals surface area contributed by atoms with Crippen molar-refractivity contribution in [3.8, 4) is 10.8 Å². The third kappa shape index (κ3) is 4.69. The molecule has 2 aromatic heterocycles. The Kier molecular flexibility index (Phi) is 6.74. The van der Waals surface area contributed by atoms with E-state index in [2.05, 4.69) is 4.98 Å². The lowest BCUT2D eigenvalue weighted by Crippen LogP contribution is -2.30. The van der Waals surface area contributed by atoms with Crippen LogP contribution >= 0.6 is 22.9 Å². The Labute approximate surface area is 177 Å². The van der Waals surface area contributed by atoms with E-state index in [4.69, 9.17) is 20.8 Å². The fraction of sp³-hybridized carbons (Fsp3) is 0.263. The van der Waals surface area contributed by atoms with E-state index in [1.807, 2.05) is 17.5 Å². The van der Waals surface area contributed by atoms with Gasteiger partial charge in [-0.3, -0.25) is 0 Å². The number of esters is 1. The number of sulfonamides is 1. The number of oxazole rings is 1. The summed E-state index contributed by atoms with van der Waals surface area (Å²) in [5.74, 6) is -0.302. The topological polar surface area (TPSA) is 89.7 Å². The molecule has 3 rings (SSSR count). The molecule has 10 heteroatoms. The Balaban J connectivity index is 1.76. The van der Waals surface area contributed by atoms with Crippen LogP contribution in [0.4, 0.5) is 0 Å². The molecule has 29 heavy (non-hydrogen) atoms. The van der Waals surface area contributed by atoms with E-state index in [0.717, 1.165) is 4.88 Å². The zero-order chi connectivity index (χ0) is 21.0. The van der Waals surface area contributed by atoms with Crippen molar-refractivity contribution in [2.45, 2.75) is 25.3 Å². The van der Waals surface area contributed by atoms with Crippen LogP contribution < -0.4 is 0 Å². The molecule has 0 N–H and O–H groups in total. The first-order valence-electron chi connectivity index (χ1n) is 8.82. The van der Waals surface area contributed by atoms with Crippen LogP contribution in [-0.2, 0) is 21.4 Å². The van der Waals surface area contributed by atoms with Gasteiger partial charge in [0.05, 0.1) is 20.4 Å². The summed E-state index contributed by atoms with van der Waals surface area (Å²) in [7, 11) is -3.72. The van der Waals surface area contributed by atoms with Crippen LogP contribution in [-0.4, -0.2) is 36.8 Å². The number of aromatic nitrogens is 1. The normalized spacial score (nSPS) is 11.7. The van der Waals surface area contributed by atoms with Crippen molar-refractivity contribution in [3.05, 3.63) is 58.3 Å². The van der Waals surface area contributed by atoms with Crippen LogP contribution in [0.25, 0.3) is 10.8 Å². The summed E-state index contributed by atoms with van der Waals surface area (Å²) in [5.41, 5.74) is 0.409. The van der Waals surface area contributed by atoms with Gasteiger partial charge >= 0.3 is 5.97 Å². The molecular weight excluding hydrogens is 436 g/mol. The maximum atomic E-state index is 12.7. The molecule has 7 nitrogen and oxygen atoms in total. The standard InChI is InChI=1S/C19H19ClN2O5S2/c1-3-22(4-2)29(24,25)14-7-8-16(20)15(10-14)19(23)27-12-13-11-26-18(21-13)17-6-5-9-28-17/h5-11H,3-4,12H2,1-2H3. The molecule has 1 aromatic carbocycles. The molecule has 0 saturated heterocycles. The maximum Gasteiger partial charge on any atom is 0.340 e. The minimum atomic E-state index is -3.72. The first-order valence-corrected chi connectivity index (χ1v) is 11.5. The van der Waals surface area contributed by atoms with Crippen LogP contribution in [0.15, 0.2) is 51.3 Å².